The number of amides is 1. The zero-order chi connectivity index (χ0) is 18.8. The number of nitriles is 1. The Labute approximate surface area is 152 Å². The SMILES string of the molecule is CC(C)CC(NC(=O)/C(C#N)=C\NCCc1cccc(Cl)c1)C(=O)O. The summed E-state index contributed by atoms with van der Waals surface area (Å²) in [6.45, 7) is 4.23. The summed E-state index contributed by atoms with van der Waals surface area (Å²) in [5.74, 6) is -1.72. The molecular weight excluding hydrogens is 342 g/mol. The van der Waals surface area contributed by atoms with Gasteiger partial charge in [-0.2, -0.15) is 5.26 Å². The minimum atomic E-state index is -1.12. The third-order valence-electron chi connectivity index (χ3n) is 3.37. The molecule has 0 fully saturated rings. The van der Waals surface area contributed by atoms with Gasteiger partial charge in [0.05, 0.1) is 0 Å². The number of hydrogen-bond acceptors (Lipinski definition) is 4. The number of benzene rings is 1. The van der Waals surface area contributed by atoms with Crippen LogP contribution in [0.25, 0.3) is 0 Å². The number of aliphatic carboxylic acids is 1. The summed E-state index contributed by atoms with van der Waals surface area (Å²) in [5.41, 5.74) is 0.861. The highest BCUT2D eigenvalue weighted by Gasteiger charge is 2.22. The van der Waals surface area contributed by atoms with Gasteiger partial charge in [0, 0.05) is 17.8 Å². The predicted octanol–water partition coefficient (Wildman–Crippen LogP) is 2.50. The molecule has 0 heterocycles. The van der Waals surface area contributed by atoms with Crippen molar-refractivity contribution in [1.82, 2.24) is 10.6 Å². The van der Waals surface area contributed by atoms with Gasteiger partial charge in [0.2, 0.25) is 0 Å². The first-order valence-corrected chi connectivity index (χ1v) is 8.33. The minimum Gasteiger partial charge on any atom is -0.480 e. The number of nitrogens with one attached hydrogen (secondary N) is 2. The van der Waals surface area contributed by atoms with Crippen LogP contribution in [-0.4, -0.2) is 29.6 Å². The fraction of sp³-hybridized carbons (Fsp3) is 0.389. The third kappa shape index (κ3) is 7.73. The Bertz CT molecular complexity index is 680. The highest BCUT2D eigenvalue weighted by atomic mass is 35.5. The largest absolute Gasteiger partial charge is 0.480 e. The molecule has 1 atom stereocenters. The topological polar surface area (TPSA) is 102 Å². The van der Waals surface area contributed by atoms with Crippen LogP contribution in [0, 0.1) is 17.2 Å². The Morgan fingerprint density at radius 3 is 2.68 bits per heavy atom. The summed E-state index contributed by atoms with van der Waals surface area (Å²) >= 11 is 5.91. The van der Waals surface area contributed by atoms with Crippen molar-refractivity contribution in [2.45, 2.75) is 32.7 Å². The van der Waals surface area contributed by atoms with Gasteiger partial charge in [0.15, 0.2) is 0 Å². The molecule has 25 heavy (non-hydrogen) atoms. The molecule has 0 saturated heterocycles. The van der Waals surface area contributed by atoms with Gasteiger partial charge in [-0.25, -0.2) is 4.79 Å². The fourth-order valence-electron chi connectivity index (χ4n) is 2.16. The fourth-order valence-corrected chi connectivity index (χ4v) is 2.37. The first kappa shape index (κ1) is 20.5. The van der Waals surface area contributed by atoms with Crippen LogP contribution >= 0.6 is 11.6 Å². The molecule has 0 spiro atoms. The van der Waals surface area contributed by atoms with E-state index in [0.29, 0.717) is 24.4 Å². The molecule has 0 bridgehead atoms. The molecule has 0 saturated carbocycles. The monoisotopic (exact) mass is 363 g/mol. The molecule has 134 valence electrons. The van der Waals surface area contributed by atoms with Crippen molar-refractivity contribution in [3.63, 3.8) is 0 Å². The normalized spacial score (nSPS) is 12.4. The second kappa shape index (κ2) is 10.4. The van der Waals surface area contributed by atoms with E-state index in [-0.39, 0.29) is 11.5 Å². The van der Waals surface area contributed by atoms with E-state index < -0.39 is 17.9 Å². The van der Waals surface area contributed by atoms with E-state index >= 15 is 0 Å². The Kier molecular flexibility index (Phi) is 8.51. The van der Waals surface area contributed by atoms with Crippen molar-refractivity contribution in [3.05, 3.63) is 46.6 Å². The first-order valence-electron chi connectivity index (χ1n) is 7.95. The summed E-state index contributed by atoms with van der Waals surface area (Å²) in [6, 6.07) is 8.17. The second-order valence-electron chi connectivity index (χ2n) is 6.00. The Morgan fingerprint density at radius 2 is 2.12 bits per heavy atom. The van der Waals surface area contributed by atoms with Crippen LogP contribution in [0.3, 0.4) is 0 Å². The highest BCUT2D eigenvalue weighted by molar-refractivity contribution is 6.30. The number of carboxylic acids is 1. The number of carbonyl (C=O) groups excluding carboxylic acids is 1. The van der Waals surface area contributed by atoms with Crippen LogP contribution in [0.2, 0.25) is 5.02 Å². The lowest BCUT2D eigenvalue weighted by atomic mass is 10.0. The Hall–Kier alpha value is -2.52. The molecule has 0 aromatic heterocycles. The molecule has 7 heteroatoms. The smallest absolute Gasteiger partial charge is 0.326 e. The average Bonchev–Trinajstić information content (AvgIpc) is 2.53. The average molecular weight is 364 g/mol. The van der Waals surface area contributed by atoms with Crippen LogP contribution in [0.1, 0.15) is 25.8 Å². The summed E-state index contributed by atoms with van der Waals surface area (Å²) in [5, 5.41) is 24.2. The van der Waals surface area contributed by atoms with E-state index in [4.69, 9.17) is 22.0 Å². The van der Waals surface area contributed by atoms with Gasteiger partial charge in [-0.1, -0.05) is 37.6 Å². The van der Waals surface area contributed by atoms with Crippen LogP contribution in [0.5, 0.6) is 0 Å². The molecule has 0 aliphatic carbocycles. The van der Waals surface area contributed by atoms with E-state index in [0.717, 1.165) is 5.56 Å². The molecule has 1 aromatic rings. The summed E-state index contributed by atoms with van der Waals surface area (Å²) in [7, 11) is 0. The maximum Gasteiger partial charge on any atom is 0.326 e. The molecule has 1 amide bonds. The Balaban J connectivity index is 2.58. The first-order chi connectivity index (χ1) is 11.8. The highest BCUT2D eigenvalue weighted by Crippen LogP contribution is 2.10. The molecule has 1 rings (SSSR count). The van der Waals surface area contributed by atoms with E-state index in [9.17, 15) is 9.59 Å². The minimum absolute atomic E-state index is 0.103. The van der Waals surface area contributed by atoms with Gasteiger partial charge in [0.1, 0.15) is 17.7 Å². The second-order valence-corrected chi connectivity index (χ2v) is 6.43. The molecule has 0 aliphatic rings. The van der Waals surface area contributed by atoms with E-state index in [1.54, 1.807) is 12.1 Å². The number of nitrogens with zero attached hydrogens (tertiary/aromatic N) is 1. The van der Waals surface area contributed by atoms with Gasteiger partial charge in [-0.3, -0.25) is 4.79 Å². The third-order valence-corrected chi connectivity index (χ3v) is 3.60. The lowest BCUT2D eigenvalue weighted by Gasteiger charge is -2.16. The van der Waals surface area contributed by atoms with E-state index in [1.165, 1.54) is 6.20 Å². The maximum absolute atomic E-state index is 12.1. The quantitative estimate of drug-likeness (QED) is 0.355. The summed E-state index contributed by atoms with van der Waals surface area (Å²) < 4.78 is 0. The standard InChI is InChI=1S/C18H22ClN3O3/c1-12(2)8-16(18(24)25)22-17(23)14(10-20)11-21-7-6-13-4-3-5-15(19)9-13/h3-5,9,11-12,16,21H,6-8H2,1-2H3,(H,22,23)(H,24,25)/b14-11-. The van der Waals surface area contributed by atoms with Crippen molar-refractivity contribution in [3.8, 4) is 6.07 Å². The van der Waals surface area contributed by atoms with Crippen molar-refractivity contribution in [1.29, 1.82) is 5.26 Å². The van der Waals surface area contributed by atoms with Crippen molar-refractivity contribution >= 4 is 23.5 Å². The van der Waals surface area contributed by atoms with Crippen molar-refractivity contribution in [2.75, 3.05) is 6.54 Å². The van der Waals surface area contributed by atoms with E-state index in [2.05, 4.69) is 10.6 Å². The molecule has 6 nitrogen and oxygen atoms in total. The lowest BCUT2D eigenvalue weighted by molar-refractivity contribution is -0.141. The van der Waals surface area contributed by atoms with Crippen LogP contribution in [-0.2, 0) is 16.0 Å². The maximum atomic E-state index is 12.1. The molecule has 0 aliphatic heterocycles. The van der Waals surface area contributed by atoms with Crippen LogP contribution < -0.4 is 10.6 Å². The van der Waals surface area contributed by atoms with Gasteiger partial charge in [-0.15, -0.1) is 0 Å². The van der Waals surface area contributed by atoms with Gasteiger partial charge < -0.3 is 15.7 Å². The number of carbonyl (C=O) groups is 2. The number of hydrogen-bond donors (Lipinski definition) is 3. The number of rotatable bonds is 9. The zero-order valence-corrected chi connectivity index (χ0v) is 15.0. The van der Waals surface area contributed by atoms with Crippen molar-refractivity contribution in [2.24, 2.45) is 5.92 Å². The lowest BCUT2D eigenvalue weighted by Crippen LogP contribution is -2.42. The molecule has 1 unspecified atom stereocenters. The summed E-state index contributed by atoms with van der Waals surface area (Å²) in [4.78, 5) is 23.2. The molecule has 1 aromatic carbocycles. The van der Waals surface area contributed by atoms with Crippen molar-refractivity contribution < 1.29 is 14.7 Å². The van der Waals surface area contributed by atoms with Gasteiger partial charge in [-0.05, 0) is 36.5 Å². The summed E-state index contributed by atoms with van der Waals surface area (Å²) in [6.07, 6.45) is 2.26. The Morgan fingerprint density at radius 1 is 1.40 bits per heavy atom. The number of halogens is 1. The van der Waals surface area contributed by atoms with E-state index in [1.807, 2.05) is 32.0 Å². The zero-order valence-electron chi connectivity index (χ0n) is 14.3. The van der Waals surface area contributed by atoms with Crippen LogP contribution in [0.4, 0.5) is 0 Å². The van der Waals surface area contributed by atoms with Gasteiger partial charge in [0.25, 0.3) is 5.91 Å². The molecule has 3 N–H and O–H groups in total. The van der Waals surface area contributed by atoms with Gasteiger partial charge >= 0.3 is 5.97 Å². The number of carboxylic acid groups (broad SMARTS) is 1. The predicted molar refractivity (Wildman–Crippen MR) is 95.9 cm³/mol. The molecular formula is C18H22ClN3O3. The molecule has 0 radical (unpaired) electrons. The van der Waals surface area contributed by atoms with Crippen LogP contribution in [0.15, 0.2) is 36.0 Å².